The monoisotopic (exact) mass is 419 g/mol. The molecule has 0 aliphatic carbocycles. The van der Waals surface area contributed by atoms with Crippen molar-refractivity contribution in [2.75, 3.05) is 38.2 Å². The number of H-pyrrole nitrogens is 1. The fourth-order valence-corrected chi connectivity index (χ4v) is 3.76. The van der Waals surface area contributed by atoms with Crippen molar-refractivity contribution in [1.29, 1.82) is 0 Å². The Bertz CT molecular complexity index is 1070. The molecule has 3 aromatic rings. The van der Waals surface area contributed by atoms with E-state index in [9.17, 15) is 4.79 Å². The third kappa shape index (κ3) is 5.00. The van der Waals surface area contributed by atoms with Crippen molar-refractivity contribution < 1.29 is 4.74 Å². The number of aryl methyl sites for hydroxylation is 2. The molecule has 2 aromatic heterocycles. The van der Waals surface area contributed by atoms with Gasteiger partial charge < -0.3 is 15.0 Å². The van der Waals surface area contributed by atoms with Gasteiger partial charge in [0.1, 0.15) is 11.6 Å². The Hall–Kier alpha value is -3.03. The van der Waals surface area contributed by atoms with Crippen LogP contribution in [0.5, 0.6) is 0 Å². The molecule has 7 nitrogen and oxygen atoms in total. The summed E-state index contributed by atoms with van der Waals surface area (Å²) in [4.78, 5) is 26.4. The number of hydrogen-bond acceptors (Lipinski definition) is 6. The standard InChI is InChI=1S/C24H29N5O2/c1-16-4-6-19(7-5-16)21(29-10-12-31-13-11-29)15-26-22-9-8-20(14-25-22)23-27-18(3)17(2)24(30)28-23/h4-9,14,21H,10-13,15H2,1-3H3,(H,25,26)(H,27,28,30). The summed E-state index contributed by atoms with van der Waals surface area (Å²) in [5, 5.41) is 3.48. The Balaban J connectivity index is 1.49. The number of hydrogen-bond donors (Lipinski definition) is 2. The zero-order valence-electron chi connectivity index (χ0n) is 18.3. The van der Waals surface area contributed by atoms with Crippen LogP contribution in [0.2, 0.25) is 0 Å². The number of pyridine rings is 1. The minimum Gasteiger partial charge on any atom is -0.379 e. The number of anilines is 1. The minimum absolute atomic E-state index is 0.115. The molecule has 1 fully saturated rings. The molecular formula is C24H29N5O2. The molecule has 2 N–H and O–H groups in total. The van der Waals surface area contributed by atoms with Crippen LogP contribution in [0, 0.1) is 20.8 Å². The molecule has 1 aromatic carbocycles. The van der Waals surface area contributed by atoms with E-state index in [1.165, 1.54) is 11.1 Å². The summed E-state index contributed by atoms with van der Waals surface area (Å²) in [5.41, 5.74) is 4.58. The molecule has 1 aliphatic heterocycles. The molecule has 3 heterocycles. The quantitative estimate of drug-likeness (QED) is 0.638. The maximum atomic E-state index is 12.0. The van der Waals surface area contributed by atoms with E-state index in [0.717, 1.165) is 49.9 Å². The van der Waals surface area contributed by atoms with E-state index in [1.807, 2.05) is 19.1 Å². The first-order valence-corrected chi connectivity index (χ1v) is 10.7. The Kier molecular flexibility index (Phi) is 6.44. The molecule has 0 saturated carbocycles. The summed E-state index contributed by atoms with van der Waals surface area (Å²) >= 11 is 0. The molecule has 162 valence electrons. The van der Waals surface area contributed by atoms with E-state index in [2.05, 4.69) is 56.4 Å². The Labute approximate surface area is 182 Å². The Morgan fingerprint density at radius 2 is 1.84 bits per heavy atom. The van der Waals surface area contributed by atoms with E-state index in [1.54, 1.807) is 13.1 Å². The average molecular weight is 420 g/mol. The van der Waals surface area contributed by atoms with Crippen molar-refractivity contribution >= 4 is 5.82 Å². The molecule has 1 unspecified atom stereocenters. The van der Waals surface area contributed by atoms with Crippen LogP contribution in [0.15, 0.2) is 47.4 Å². The molecular weight excluding hydrogens is 390 g/mol. The first-order chi connectivity index (χ1) is 15.0. The van der Waals surface area contributed by atoms with E-state index >= 15 is 0 Å². The second-order valence-electron chi connectivity index (χ2n) is 8.01. The van der Waals surface area contributed by atoms with Crippen LogP contribution in [0.4, 0.5) is 5.82 Å². The van der Waals surface area contributed by atoms with Crippen LogP contribution in [-0.2, 0) is 4.74 Å². The lowest BCUT2D eigenvalue weighted by Gasteiger charge is -2.35. The minimum atomic E-state index is -0.115. The topological polar surface area (TPSA) is 83.1 Å². The van der Waals surface area contributed by atoms with Gasteiger partial charge in [0.2, 0.25) is 0 Å². The third-order valence-electron chi connectivity index (χ3n) is 5.86. The zero-order valence-corrected chi connectivity index (χ0v) is 18.3. The first kappa shape index (κ1) is 21.2. The van der Waals surface area contributed by atoms with Crippen molar-refractivity contribution in [1.82, 2.24) is 19.9 Å². The molecule has 1 saturated heterocycles. The van der Waals surface area contributed by atoms with Gasteiger partial charge in [0, 0.05) is 42.7 Å². The summed E-state index contributed by atoms with van der Waals surface area (Å²) < 4.78 is 5.54. The van der Waals surface area contributed by atoms with Gasteiger partial charge in [-0.3, -0.25) is 9.69 Å². The molecule has 4 rings (SSSR count). The van der Waals surface area contributed by atoms with Crippen LogP contribution < -0.4 is 10.9 Å². The summed E-state index contributed by atoms with van der Waals surface area (Å²) in [5.74, 6) is 1.33. The van der Waals surface area contributed by atoms with Crippen LogP contribution in [0.1, 0.15) is 28.4 Å². The number of ether oxygens (including phenoxy) is 1. The molecule has 7 heteroatoms. The number of aromatic amines is 1. The van der Waals surface area contributed by atoms with Gasteiger partial charge in [-0.25, -0.2) is 9.97 Å². The SMILES string of the molecule is Cc1ccc(C(CNc2ccc(-c3nc(C)c(C)c(=O)[nH]3)cn2)N2CCOCC2)cc1. The average Bonchev–Trinajstić information content (AvgIpc) is 2.79. The maximum absolute atomic E-state index is 12.0. The molecule has 0 bridgehead atoms. The highest BCUT2D eigenvalue weighted by Crippen LogP contribution is 2.23. The van der Waals surface area contributed by atoms with Gasteiger partial charge in [-0.1, -0.05) is 29.8 Å². The molecule has 1 aliphatic rings. The normalized spacial score (nSPS) is 15.6. The van der Waals surface area contributed by atoms with Gasteiger partial charge in [0.05, 0.1) is 19.3 Å². The lowest BCUT2D eigenvalue weighted by molar-refractivity contribution is 0.0187. The highest BCUT2D eigenvalue weighted by Gasteiger charge is 2.22. The highest BCUT2D eigenvalue weighted by molar-refractivity contribution is 5.56. The number of morpholine rings is 1. The number of benzene rings is 1. The van der Waals surface area contributed by atoms with E-state index in [0.29, 0.717) is 11.4 Å². The maximum Gasteiger partial charge on any atom is 0.254 e. The van der Waals surface area contributed by atoms with Crippen molar-refractivity contribution in [3.63, 3.8) is 0 Å². The molecule has 1 atom stereocenters. The van der Waals surface area contributed by atoms with Gasteiger partial charge >= 0.3 is 0 Å². The van der Waals surface area contributed by atoms with Gasteiger partial charge in [0.15, 0.2) is 0 Å². The Morgan fingerprint density at radius 3 is 2.48 bits per heavy atom. The van der Waals surface area contributed by atoms with Gasteiger partial charge in [-0.2, -0.15) is 0 Å². The highest BCUT2D eigenvalue weighted by atomic mass is 16.5. The summed E-state index contributed by atoms with van der Waals surface area (Å²) in [6.07, 6.45) is 1.74. The van der Waals surface area contributed by atoms with E-state index in [-0.39, 0.29) is 11.6 Å². The van der Waals surface area contributed by atoms with E-state index in [4.69, 9.17) is 4.74 Å². The second kappa shape index (κ2) is 9.41. The molecule has 0 radical (unpaired) electrons. The van der Waals surface area contributed by atoms with Gasteiger partial charge in [0.25, 0.3) is 5.56 Å². The van der Waals surface area contributed by atoms with Crippen molar-refractivity contribution in [3.05, 3.63) is 75.3 Å². The van der Waals surface area contributed by atoms with Crippen LogP contribution in [0.25, 0.3) is 11.4 Å². The largest absolute Gasteiger partial charge is 0.379 e. The smallest absolute Gasteiger partial charge is 0.254 e. The van der Waals surface area contributed by atoms with Gasteiger partial charge in [-0.15, -0.1) is 0 Å². The van der Waals surface area contributed by atoms with Crippen LogP contribution in [0.3, 0.4) is 0 Å². The fourth-order valence-electron chi connectivity index (χ4n) is 3.76. The van der Waals surface area contributed by atoms with Crippen molar-refractivity contribution in [2.24, 2.45) is 0 Å². The van der Waals surface area contributed by atoms with Gasteiger partial charge in [-0.05, 0) is 38.5 Å². The lowest BCUT2D eigenvalue weighted by Crippen LogP contribution is -2.41. The van der Waals surface area contributed by atoms with Crippen molar-refractivity contribution in [3.8, 4) is 11.4 Å². The summed E-state index contributed by atoms with van der Waals surface area (Å²) in [7, 11) is 0. The number of rotatable bonds is 6. The predicted molar refractivity (Wildman–Crippen MR) is 122 cm³/mol. The molecule has 31 heavy (non-hydrogen) atoms. The predicted octanol–water partition coefficient (Wildman–Crippen LogP) is 3.24. The second-order valence-corrected chi connectivity index (χ2v) is 8.01. The third-order valence-corrected chi connectivity index (χ3v) is 5.86. The molecule has 0 amide bonds. The Morgan fingerprint density at radius 1 is 1.10 bits per heavy atom. The lowest BCUT2D eigenvalue weighted by atomic mass is 10.0. The van der Waals surface area contributed by atoms with Crippen LogP contribution >= 0.6 is 0 Å². The first-order valence-electron chi connectivity index (χ1n) is 10.7. The number of aromatic nitrogens is 3. The van der Waals surface area contributed by atoms with E-state index < -0.39 is 0 Å². The molecule has 0 spiro atoms. The number of nitrogens with zero attached hydrogens (tertiary/aromatic N) is 3. The van der Waals surface area contributed by atoms with Crippen molar-refractivity contribution in [2.45, 2.75) is 26.8 Å². The summed E-state index contributed by atoms with van der Waals surface area (Å²) in [6.45, 7) is 9.82. The van der Waals surface area contributed by atoms with Crippen LogP contribution in [-0.4, -0.2) is 52.7 Å². The summed E-state index contributed by atoms with van der Waals surface area (Å²) in [6, 6.07) is 12.8. The number of nitrogens with one attached hydrogen (secondary N) is 2. The zero-order chi connectivity index (χ0) is 21.8. The fraction of sp³-hybridized carbons (Fsp3) is 0.375.